The molecule has 0 radical (unpaired) electrons. The first-order chi connectivity index (χ1) is 13.0. The predicted molar refractivity (Wildman–Crippen MR) is 99.4 cm³/mol. The van der Waals surface area contributed by atoms with Gasteiger partial charge >= 0.3 is 0 Å². The topological polar surface area (TPSA) is 97.2 Å². The van der Waals surface area contributed by atoms with Crippen LogP contribution in [0.2, 0.25) is 0 Å². The van der Waals surface area contributed by atoms with E-state index in [9.17, 15) is 13.2 Å². The van der Waals surface area contributed by atoms with E-state index in [1.165, 1.54) is 0 Å². The standard InChI is InChI=1S/C18H23N5O3S/c1-2-27(25,26)22-10-14-8-16-20-21-17(23(16)12-15(14)11-22)18(24)19-9-13-6-4-3-5-7-13/h3-7,14-15H,2,8-12H2,1H3,(H,19,24). The summed E-state index contributed by atoms with van der Waals surface area (Å²) in [6, 6.07) is 9.69. The molecule has 8 nitrogen and oxygen atoms in total. The molecule has 0 saturated carbocycles. The molecule has 1 aromatic carbocycles. The fraction of sp³-hybridized carbons (Fsp3) is 0.500. The number of nitrogens with one attached hydrogen (secondary N) is 1. The lowest BCUT2D eigenvalue weighted by atomic mass is 9.89. The maximum atomic E-state index is 12.6. The maximum absolute atomic E-state index is 12.6. The van der Waals surface area contributed by atoms with E-state index >= 15 is 0 Å². The molecule has 0 spiro atoms. The lowest BCUT2D eigenvalue weighted by Gasteiger charge is -2.25. The number of aromatic nitrogens is 3. The summed E-state index contributed by atoms with van der Waals surface area (Å²) in [6.07, 6.45) is 0.652. The molecule has 4 rings (SSSR count). The van der Waals surface area contributed by atoms with Gasteiger partial charge in [-0.15, -0.1) is 10.2 Å². The summed E-state index contributed by atoms with van der Waals surface area (Å²) >= 11 is 0. The first-order valence-electron chi connectivity index (χ1n) is 9.20. The van der Waals surface area contributed by atoms with Gasteiger partial charge in [-0.1, -0.05) is 30.3 Å². The minimum absolute atomic E-state index is 0.117. The van der Waals surface area contributed by atoms with Crippen LogP contribution in [0, 0.1) is 11.8 Å². The van der Waals surface area contributed by atoms with E-state index in [1.807, 2.05) is 34.9 Å². The fourth-order valence-corrected chi connectivity index (χ4v) is 5.12. The zero-order valence-corrected chi connectivity index (χ0v) is 16.0. The summed E-state index contributed by atoms with van der Waals surface area (Å²) in [6.45, 7) is 3.71. The Morgan fingerprint density at radius 2 is 1.89 bits per heavy atom. The molecule has 1 fully saturated rings. The number of nitrogens with zero attached hydrogens (tertiary/aromatic N) is 4. The van der Waals surface area contributed by atoms with Crippen LogP contribution in [0.1, 0.15) is 28.9 Å². The number of amides is 1. The Labute approximate surface area is 158 Å². The van der Waals surface area contributed by atoms with Crippen LogP contribution in [0.4, 0.5) is 0 Å². The van der Waals surface area contributed by atoms with Gasteiger partial charge in [0.05, 0.1) is 5.75 Å². The number of carbonyl (C=O) groups is 1. The SMILES string of the molecule is CCS(=O)(=O)N1CC2Cc3nnc(C(=O)NCc4ccccc4)n3CC2C1. The summed E-state index contributed by atoms with van der Waals surface area (Å²) < 4.78 is 27.8. The molecule has 1 aromatic heterocycles. The van der Waals surface area contributed by atoms with Gasteiger partial charge in [0, 0.05) is 32.6 Å². The number of sulfonamides is 1. The lowest BCUT2D eigenvalue weighted by Crippen LogP contribution is -2.33. The van der Waals surface area contributed by atoms with E-state index in [2.05, 4.69) is 15.5 Å². The molecule has 3 heterocycles. The van der Waals surface area contributed by atoms with Crippen LogP contribution in [0.25, 0.3) is 0 Å². The van der Waals surface area contributed by atoms with Crippen molar-refractivity contribution in [3.8, 4) is 0 Å². The van der Waals surface area contributed by atoms with Crippen molar-refractivity contribution in [2.45, 2.75) is 26.4 Å². The molecule has 2 aliphatic rings. The van der Waals surface area contributed by atoms with E-state index < -0.39 is 10.0 Å². The van der Waals surface area contributed by atoms with Crippen molar-refractivity contribution in [2.24, 2.45) is 11.8 Å². The molecule has 1 N–H and O–H groups in total. The van der Waals surface area contributed by atoms with Crippen molar-refractivity contribution in [3.05, 3.63) is 47.5 Å². The predicted octanol–water partition coefficient (Wildman–Crippen LogP) is 0.662. The fourth-order valence-electron chi connectivity index (χ4n) is 3.92. The third-order valence-corrected chi connectivity index (χ3v) is 7.30. The molecule has 2 aliphatic heterocycles. The Kier molecular flexibility index (Phi) is 4.73. The van der Waals surface area contributed by atoms with Crippen molar-refractivity contribution in [2.75, 3.05) is 18.8 Å². The van der Waals surface area contributed by atoms with Crippen LogP contribution >= 0.6 is 0 Å². The van der Waals surface area contributed by atoms with Gasteiger partial charge in [0.1, 0.15) is 5.82 Å². The first-order valence-corrected chi connectivity index (χ1v) is 10.8. The van der Waals surface area contributed by atoms with Gasteiger partial charge in [-0.3, -0.25) is 4.79 Å². The minimum Gasteiger partial charge on any atom is -0.345 e. The molecule has 1 amide bonds. The van der Waals surface area contributed by atoms with Crippen LogP contribution in [-0.2, 0) is 29.5 Å². The number of fused-ring (bicyclic) bond motifs is 2. The van der Waals surface area contributed by atoms with Crippen molar-refractivity contribution in [1.29, 1.82) is 0 Å². The van der Waals surface area contributed by atoms with Gasteiger partial charge in [0.15, 0.2) is 0 Å². The molecule has 2 unspecified atom stereocenters. The molecule has 0 bridgehead atoms. The summed E-state index contributed by atoms with van der Waals surface area (Å²) in [5, 5.41) is 11.2. The highest BCUT2D eigenvalue weighted by Gasteiger charge is 2.42. The Balaban J connectivity index is 1.46. The quantitative estimate of drug-likeness (QED) is 0.810. The lowest BCUT2D eigenvalue weighted by molar-refractivity contribution is 0.0932. The summed E-state index contributed by atoms with van der Waals surface area (Å²) in [7, 11) is -3.18. The molecular formula is C18H23N5O3S. The largest absolute Gasteiger partial charge is 0.345 e. The van der Waals surface area contributed by atoms with E-state index in [0.717, 1.165) is 11.4 Å². The van der Waals surface area contributed by atoms with Crippen molar-refractivity contribution in [3.63, 3.8) is 0 Å². The molecular weight excluding hydrogens is 366 g/mol. The van der Waals surface area contributed by atoms with E-state index in [1.54, 1.807) is 11.2 Å². The van der Waals surface area contributed by atoms with E-state index in [0.29, 0.717) is 38.4 Å². The van der Waals surface area contributed by atoms with Crippen LogP contribution in [0.5, 0.6) is 0 Å². The maximum Gasteiger partial charge on any atom is 0.289 e. The second kappa shape index (κ2) is 7.05. The molecule has 2 atom stereocenters. The van der Waals surface area contributed by atoms with Gasteiger partial charge in [-0.05, 0) is 24.3 Å². The van der Waals surface area contributed by atoms with Gasteiger partial charge in [-0.2, -0.15) is 0 Å². The van der Waals surface area contributed by atoms with Crippen LogP contribution in [0.3, 0.4) is 0 Å². The average molecular weight is 389 g/mol. The Bertz CT molecular complexity index is 941. The monoisotopic (exact) mass is 389 g/mol. The number of benzene rings is 1. The summed E-state index contributed by atoms with van der Waals surface area (Å²) in [5.74, 6) is 1.35. The third-order valence-electron chi connectivity index (χ3n) is 5.49. The van der Waals surface area contributed by atoms with Gasteiger partial charge in [-0.25, -0.2) is 12.7 Å². The second-order valence-electron chi connectivity index (χ2n) is 7.16. The van der Waals surface area contributed by atoms with Crippen LogP contribution < -0.4 is 5.32 Å². The highest BCUT2D eigenvalue weighted by Crippen LogP contribution is 2.33. The Morgan fingerprint density at radius 3 is 2.63 bits per heavy atom. The smallest absolute Gasteiger partial charge is 0.289 e. The second-order valence-corrected chi connectivity index (χ2v) is 9.42. The third kappa shape index (κ3) is 3.49. The number of carbonyl (C=O) groups excluding carboxylic acids is 1. The molecule has 1 saturated heterocycles. The van der Waals surface area contributed by atoms with Gasteiger partial charge in [0.25, 0.3) is 5.91 Å². The molecule has 27 heavy (non-hydrogen) atoms. The summed E-state index contributed by atoms with van der Waals surface area (Å²) in [5.41, 5.74) is 1.01. The van der Waals surface area contributed by atoms with Crippen molar-refractivity contribution < 1.29 is 13.2 Å². The van der Waals surface area contributed by atoms with E-state index in [4.69, 9.17) is 0 Å². The number of hydrogen-bond acceptors (Lipinski definition) is 5. The highest BCUT2D eigenvalue weighted by atomic mass is 32.2. The summed E-state index contributed by atoms with van der Waals surface area (Å²) in [4.78, 5) is 12.6. The van der Waals surface area contributed by atoms with Crippen LogP contribution in [0.15, 0.2) is 30.3 Å². The van der Waals surface area contributed by atoms with E-state index in [-0.39, 0.29) is 23.5 Å². The Hall–Kier alpha value is -2.26. The van der Waals surface area contributed by atoms with Crippen molar-refractivity contribution in [1.82, 2.24) is 24.4 Å². The minimum atomic E-state index is -3.18. The molecule has 2 aromatic rings. The van der Waals surface area contributed by atoms with Gasteiger partial charge < -0.3 is 9.88 Å². The molecule has 9 heteroatoms. The Morgan fingerprint density at radius 1 is 1.15 bits per heavy atom. The van der Waals surface area contributed by atoms with Crippen molar-refractivity contribution >= 4 is 15.9 Å². The first kappa shape index (κ1) is 18.1. The number of hydrogen-bond donors (Lipinski definition) is 1. The van der Waals surface area contributed by atoms with Crippen LogP contribution in [-0.4, -0.2) is 52.2 Å². The van der Waals surface area contributed by atoms with Gasteiger partial charge in [0.2, 0.25) is 15.8 Å². The zero-order valence-electron chi connectivity index (χ0n) is 15.2. The average Bonchev–Trinajstić information content (AvgIpc) is 3.28. The zero-order chi connectivity index (χ0) is 19.0. The molecule has 0 aliphatic carbocycles. The molecule has 144 valence electrons. The normalized spacial score (nSPS) is 22.3. The number of rotatable bonds is 5. The highest BCUT2D eigenvalue weighted by molar-refractivity contribution is 7.89.